The van der Waals surface area contributed by atoms with E-state index < -0.39 is 22.0 Å². The van der Waals surface area contributed by atoms with Crippen molar-refractivity contribution in [2.24, 2.45) is 0 Å². The van der Waals surface area contributed by atoms with Crippen LogP contribution >= 0.6 is 24.0 Å². The molecular formula is C25H24FN3O3S2. The Morgan fingerprint density at radius 2 is 2.00 bits per heavy atom. The summed E-state index contributed by atoms with van der Waals surface area (Å²) >= 11 is 6.90. The van der Waals surface area contributed by atoms with Crippen LogP contribution in [0.3, 0.4) is 0 Å². The van der Waals surface area contributed by atoms with Gasteiger partial charge in [0.15, 0.2) is 5.54 Å². The number of benzene rings is 2. The molecule has 2 amide bonds. The van der Waals surface area contributed by atoms with E-state index in [2.05, 4.69) is 6.58 Å². The van der Waals surface area contributed by atoms with Crippen molar-refractivity contribution >= 4 is 45.8 Å². The molecule has 0 N–H and O–H groups in total. The van der Waals surface area contributed by atoms with Gasteiger partial charge in [-0.1, -0.05) is 42.2 Å². The summed E-state index contributed by atoms with van der Waals surface area (Å²) in [5.41, 5.74) is 0.490. The highest BCUT2D eigenvalue weighted by Gasteiger charge is 2.78. The molecule has 2 spiro atoms. The number of thioether (sulfide) groups is 1. The molecule has 0 unspecified atom stereocenters. The summed E-state index contributed by atoms with van der Waals surface area (Å²) in [7, 11) is 5.07. The fourth-order valence-corrected chi connectivity index (χ4v) is 7.96. The van der Waals surface area contributed by atoms with Crippen LogP contribution in [0.15, 0.2) is 55.1 Å². The summed E-state index contributed by atoms with van der Waals surface area (Å²) in [6, 6.07) is 11.8. The molecule has 0 bridgehead atoms. The largest absolute Gasteiger partial charge is 0.497 e. The molecule has 3 heterocycles. The highest BCUT2D eigenvalue weighted by atomic mass is 32.2. The smallest absolute Gasteiger partial charge is 0.254 e. The van der Waals surface area contributed by atoms with Crippen molar-refractivity contribution in [2.75, 3.05) is 39.2 Å². The number of hydrogen-bond acceptors (Lipinski definition) is 6. The molecule has 3 aliphatic heterocycles. The molecule has 2 aromatic rings. The second-order valence-corrected chi connectivity index (χ2v) is 10.6. The molecule has 3 aliphatic rings. The number of halogens is 1. The van der Waals surface area contributed by atoms with Gasteiger partial charge in [-0.2, -0.15) is 0 Å². The molecule has 9 heteroatoms. The maximum Gasteiger partial charge on any atom is 0.254 e. The van der Waals surface area contributed by atoms with Gasteiger partial charge < -0.3 is 9.64 Å². The molecule has 0 radical (unpaired) electrons. The predicted octanol–water partition coefficient (Wildman–Crippen LogP) is 3.52. The van der Waals surface area contributed by atoms with Gasteiger partial charge in [0, 0.05) is 37.3 Å². The predicted molar refractivity (Wildman–Crippen MR) is 135 cm³/mol. The van der Waals surface area contributed by atoms with Crippen molar-refractivity contribution in [2.45, 2.75) is 16.2 Å². The van der Waals surface area contributed by atoms with E-state index in [1.54, 1.807) is 26.3 Å². The number of rotatable bonds is 4. The topological polar surface area (TPSA) is 53.1 Å². The van der Waals surface area contributed by atoms with E-state index in [0.29, 0.717) is 27.9 Å². The number of likely N-dealkylation sites (tertiary alicyclic amines) is 1. The third-order valence-corrected chi connectivity index (χ3v) is 9.16. The summed E-state index contributed by atoms with van der Waals surface area (Å²) in [6.45, 7) is 4.40. The lowest BCUT2D eigenvalue weighted by Crippen LogP contribution is -2.62. The average Bonchev–Trinajstić information content (AvgIpc) is 3.33. The van der Waals surface area contributed by atoms with E-state index in [4.69, 9.17) is 17.0 Å². The molecule has 0 aromatic heterocycles. The van der Waals surface area contributed by atoms with Gasteiger partial charge in [0.1, 0.15) is 20.6 Å². The first-order valence-electron chi connectivity index (χ1n) is 10.8. The Labute approximate surface area is 207 Å². The number of likely N-dealkylation sites (N-methyl/N-ethyl adjacent to an activating group) is 2. The van der Waals surface area contributed by atoms with E-state index in [9.17, 15) is 14.0 Å². The molecule has 0 aliphatic carbocycles. The Hall–Kier alpha value is -2.75. The summed E-state index contributed by atoms with van der Waals surface area (Å²) < 4.78 is 19.1. The number of carbonyl (C=O) groups is 2. The fourth-order valence-electron chi connectivity index (χ4n) is 5.81. The number of methoxy groups -OCH3 is 1. The van der Waals surface area contributed by atoms with Crippen LogP contribution in [0.2, 0.25) is 0 Å². The van der Waals surface area contributed by atoms with Crippen molar-refractivity contribution in [3.8, 4) is 5.75 Å². The highest BCUT2D eigenvalue weighted by molar-refractivity contribution is 8.25. The van der Waals surface area contributed by atoms with Gasteiger partial charge in [0.25, 0.3) is 5.91 Å². The van der Waals surface area contributed by atoms with E-state index in [1.165, 1.54) is 33.7 Å². The van der Waals surface area contributed by atoms with Crippen LogP contribution in [0.25, 0.3) is 0 Å². The second kappa shape index (κ2) is 7.90. The number of ether oxygens (including phenoxy) is 1. The van der Waals surface area contributed by atoms with Crippen LogP contribution < -0.4 is 9.64 Å². The Morgan fingerprint density at radius 3 is 2.71 bits per heavy atom. The van der Waals surface area contributed by atoms with E-state index in [1.807, 2.05) is 36.2 Å². The van der Waals surface area contributed by atoms with E-state index in [-0.39, 0.29) is 18.4 Å². The van der Waals surface area contributed by atoms with Crippen molar-refractivity contribution < 1.29 is 18.7 Å². The number of hydrogen-bond donors (Lipinski definition) is 0. The zero-order valence-electron chi connectivity index (χ0n) is 19.1. The lowest BCUT2D eigenvalue weighted by atomic mass is 9.72. The van der Waals surface area contributed by atoms with Crippen molar-refractivity contribution in [3.63, 3.8) is 0 Å². The normalized spacial score (nSPS) is 28.5. The van der Waals surface area contributed by atoms with Gasteiger partial charge in [0.2, 0.25) is 5.91 Å². The molecule has 176 valence electrons. The first kappa shape index (κ1) is 23.0. The van der Waals surface area contributed by atoms with Gasteiger partial charge in [-0.15, -0.1) is 6.58 Å². The van der Waals surface area contributed by atoms with Crippen LogP contribution in [0.5, 0.6) is 5.75 Å². The third kappa shape index (κ3) is 2.68. The number of anilines is 1. The van der Waals surface area contributed by atoms with Crippen LogP contribution in [0.1, 0.15) is 17.0 Å². The average molecular weight is 498 g/mol. The number of fused-ring (bicyclic) bond motifs is 3. The first-order valence-corrected chi connectivity index (χ1v) is 12.1. The number of carbonyl (C=O) groups excluding carboxylic acids is 2. The highest BCUT2D eigenvalue weighted by Crippen LogP contribution is 2.66. The second-order valence-electron chi connectivity index (χ2n) is 8.75. The van der Waals surface area contributed by atoms with Gasteiger partial charge in [0.05, 0.1) is 7.11 Å². The minimum Gasteiger partial charge on any atom is -0.497 e. The van der Waals surface area contributed by atoms with Gasteiger partial charge in [-0.3, -0.25) is 19.4 Å². The molecule has 6 nitrogen and oxygen atoms in total. The van der Waals surface area contributed by atoms with E-state index in [0.717, 1.165) is 5.56 Å². The Morgan fingerprint density at radius 1 is 1.24 bits per heavy atom. The minimum absolute atomic E-state index is 0.233. The third-order valence-electron chi connectivity index (χ3n) is 7.22. The Balaban J connectivity index is 1.84. The summed E-state index contributed by atoms with van der Waals surface area (Å²) in [6.07, 6.45) is 1.62. The molecule has 2 saturated heterocycles. The maximum absolute atomic E-state index is 14.6. The van der Waals surface area contributed by atoms with Crippen LogP contribution in [-0.2, 0) is 15.1 Å². The molecule has 34 heavy (non-hydrogen) atoms. The Bertz CT molecular complexity index is 1250. The molecule has 3 atom stereocenters. The van der Waals surface area contributed by atoms with Gasteiger partial charge in [-0.25, -0.2) is 4.39 Å². The minimum atomic E-state index is -1.44. The SMILES string of the molecule is C=CCN1C(=O)[C@]2(SC1=S)[C@@H](c1cccc(OC)c1)CN(C)[C@@]21C(=O)N(C)c2ccc(F)cc21. The molecule has 5 rings (SSSR count). The standard InChI is InChI=1S/C25H24FN3O3S2/c1-5-11-29-22(31)25(34-23(29)33)19(15-7-6-8-17(12-15)32-4)14-27(2)24(25)18-13-16(26)9-10-20(18)28(3)21(24)30/h5-10,12-13,19H,1,11,14H2,2-4H3/t19-,24+,25-/m1/s1. The quantitative estimate of drug-likeness (QED) is 0.476. The zero-order chi connectivity index (χ0) is 24.4. The zero-order valence-corrected chi connectivity index (χ0v) is 20.7. The molecular weight excluding hydrogens is 473 g/mol. The number of thiocarbonyl (C=S) groups is 1. The maximum atomic E-state index is 14.6. The molecule has 0 saturated carbocycles. The van der Waals surface area contributed by atoms with Crippen molar-refractivity contribution in [3.05, 3.63) is 72.1 Å². The first-order chi connectivity index (χ1) is 16.2. The monoisotopic (exact) mass is 497 g/mol. The lowest BCUT2D eigenvalue weighted by Gasteiger charge is -2.42. The fraction of sp³-hybridized carbons (Fsp3) is 0.320. The lowest BCUT2D eigenvalue weighted by molar-refractivity contribution is -0.138. The summed E-state index contributed by atoms with van der Waals surface area (Å²) in [5, 5.41) is 0. The molecule has 2 fully saturated rings. The van der Waals surface area contributed by atoms with Gasteiger partial charge >= 0.3 is 0 Å². The van der Waals surface area contributed by atoms with Crippen LogP contribution in [0, 0.1) is 5.82 Å². The van der Waals surface area contributed by atoms with Crippen LogP contribution in [0.4, 0.5) is 10.1 Å². The van der Waals surface area contributed by atoms with Crippen LogP contribution in [-0.4, -0.2) is 65.0 Å². The number of amides is 2. The summed E-state index contributed by atoms with van der Waals surface area (Å²) in [4.78, 5) is 33.5. The summed E-state index contributed by atoms with van der Waals surface area (Å²) in [5.74, 6) is -0.762. The van der Waals surface area contributed by atoms with Gasteiger partial charge in [-0.05, 0) is 42.9 Å². The molecule has 2 aromatic carbocycles. The Kier molecular flexibility index (Phi) is 5.34. The number of nitrogens with zero attached hydrogens (tertiary/aromatic N) is 3. The van der Waals surface area contributed by atoms with E-state index >= 15 is 0 Å². The van der Waals surface area contributed by atoms with Crippen molar-refractivity contribution in [1.29, 1.82) is 0 Å². The van der Waals surface area contributed by atoms with Crippen molar-refractivity contribution in [1.82, 2.24) is 9.80 Å².